The van der Waals surface area contributed by atoms with Crippen LogP contribution in [0.5, 0.6) is 0 Å². The Kier molecular flexibility index (Phi) is 3.96. The average molecular weight is 281 g/mol. The number of rotatable bonds is 2. The lowest BCUT2D eigenvalue weighted by Gasteiger charge is -2.45. The van der Waals surface area contributed by atoms with Gasteiger partial charge in [0.15, 0.2) is 0 Å². The predicted octanol–water partition coefficient (Wildman–Crippen LogP) is 2.95. The maximum Gasteiger partial charge on any atom is 0.0779 e. The second-order valence-electron chi connectivity index (χ2n) is 5.43. The molecule has 104 valence electrons. The van der Waals surface area contributed by atoms with Crippen molar-refractivity contribution in [2.45, 2.75) is 44.4 Å². The fourth-order valence-corrected chi connectivity index (χ4v) is 3.54. The molecule has 0 bridgehead atoms. The van der Waals surface area contributed by atoms with Crippen LogP contribution in [0.4, 0.5) is 5.69 Å². The Bertz CT molecular complexity index is 450. The molecule has 2 unspecified atom stereocenters. The molecule has 0 spiro atoms. The minimum atomic E-state index is 0.382. The summed E-state index contributed by atoms with van der Waals surface area (Å²) in [5.41, 5.74) is 8.25. The predicted molar refractivity (Wildman–Crippen MR) is 78.7 cm³/mol. The third kappa shape index (κ3) is 2.60. The van der Waals surface area contributed by atoms with Gasteiger partial charge in [0, 0.05) is 23.8 Å². The molecule has 1 aromatic rings. The highest BCUT2D eigenvalue weighted by Crippen LogP contribution is 2.34. The minimum absolute atomic E-state index is 0.382. The molecular weight excluding hydrogens is 260 g/mol. The van der Waals surface area contributed by atoms with Gasteiger partial charge in [0.1, 0.15) is 0 Å². The molecule has 1 saturated heterocycles. The third-order valence-electron chi connectivity index (χ3n) is 4.31. The SMILES string of the molecule is NCc1ccc(Cl)cc1N1CCOC2CCCCC21. The van der Waals surface area contributed by atoms with Gasteiger partial charge < -0.3 is 15.4 Å². The minimum Gasteiger partial charge on any atom is -0.374 e. The van der Waals surface area contributed by atoms with Crippen molar-refractivity contribution in [3.63, 3.8) is 0 Å². The van der Waals surface area contributed by atoms with E-state index in [2.05, 4.69) is 11.0 Å². The molecule has 2 N–H and O–H groups in total. The summed E-state index contributed by atoms with van der Waals surface area (Å²) in [5.74, 6) is 0. The summed E-state index contributed by atoms with van der Waals surface area (Å²) in [4.78, 5) is 2.47. The highest BCUT2D eigenvalue weighted by atomic mass is 35.5. The molecule has 1 aliphatic carbocycles. The largest absolute Gasteiger partial charge is 0.374 e. The number of nitrogens with two attached hydrogens (primary N) is 1. The number of morpholine rings is 1. The second kappa shape index (κ2) is 5.70. The third-order valence-corrected chi connectivity index (χ3v) is 4.54. The van der Waals surface area contributed by atoms with Crippen LogP contribution in [0, 0.1) is 0 Å². The molecular formula is C15H21ClN2O. The zero-order chi connectivity index (χ0) is 13.2. The topological polar surface area (TPSA) is 38.5 Å². The van der Waals surface area contributed by atoms with Crippen LogP contribution in [0.15, 0.2) is 18.2 Å². The molecule has 1 aliphatic heterocycles. The Morgan fingerprint density at radius 2 is 2.16 bits per heavy atom. The molecule has 4 heteroatoms. The number of hydrogen-bond donors (Lipinski definition) is 1. The summed E-state index contributed by atoms with van der Waals surface area (Å²) < 4.78 is 5.93. The van der Waals surface area contributed by atoms with Crippen LogP contribution in [-0.2, 0) is 11.3 Å². The van der Waals surface area contributed by atoms with Gasteiger partial charge in [-0.2, -0.15) is 0 Å². The standard InChI is InChI=1S/C15H21ClN2O/c16-12-6-5-11(10-17)14(9-12)18-7-8-19-15-4-2-1-3-13(15)18/h5-6,9,13,15H,1-4,7-8,10,17H2. The van der Waals surface area contributed by atoms with Gasteiger partial charge in [0.05, 0.1) is 18.8 Å². The van der Waals surface area contributed by atoms with Gasteiger partial charge in [0.25, 0.3) is 0 Å². The first-order valence-corrected chi connectivity index (χ1v) is 7.54. The van der Waals surface area contributed by atoms with E-state index < -0.39 is 0 Å². The van der Waals surface area contributed by atoms with E-state index in [9.17, 15) is 0 Å². The Morgan fingerprint density at radius 1 is 1.32 bits per heavy atom. The maximum absolute atomic E-state index is 6.17. The number of halogens is 1. The molecule has 2 atom stereocenters. The van der Waals surface area contributed by atoms with E-state index in [1.807, 2.05) is 12.1 Å². The molecule has 19 heavy (non-hydrogen) atoms. The molecule has 0 aromatic heterocycles. The van der Waals surface area contributed by atoms with Crippen LogP contribution in [0.1, 0.15) is 31.2 Å². The van der Waals surface area contributed by atoms with Crippen LogP contribution in [0.25, 0.3) is 0 Å². The van der Waals surface area contributed by atoms with Gasteiger partial charge in [0.2, 0.25) is 0 Å². The van der Waals surface area contributed by atoms with Crippen molar-refractivity contribution >= 4 is 17.3 Å². The second-order valence-corrected chi connectivity index (χ2v) is 5.87. The van der Waals surface area contributed by atoms with Gasteiger partial charge in [-0.15, -0.1) is 0 Å². The smallest absolute Gasteiger partial charge is 0.0779 e. The molecule has 0 amide bonds. The first kappa shape index (κ1) is 13.2. The van der Waals surface area contributed by atoms with E-state index in [0.717, 1.165) is 18.2 Å². The van der Waals surface area contributed by atoms with Crippen LogP contribution in [0.2, 0.25) is 5.02 Å². The number of hydrogen-bond acceptors (Lipinski definition) is 3. The highest BCUT2D eigenvalue weighted by Gasteiger charge is 2.34. The van der Waals surface area contributed by atoms with Crippen molar-refractivity contribution in [2.24, 2.45) is 5.73 Å². The van der Waals surface area contributed by atoms with E-state index >= 15 is 0 Å². The van der Waals surface area contributed by atoms with E-state index in [1.54, 1.807) is 0 Å². The van der Waals surface area contributed by atoms with E-state index in [0.29, 0.717) is 18.7 Å². The Labute approximate surface area is 119 Å². The van der Waals surface area contributed by atoms with Gasteiger partial charge in [-0.1, -0.05) is 30.5 Å². The van der Waals surface area contributed by atoms with Crippen molar-refractivity contribution < 1.29 is 4.74 Å². The molecule has 0 radical (unpaired) electrons. The van der Waals surface area contributed by atoms with Crippen molar-refractivity contribution in [1.82, 2.24) is 0 Å². The molecule has 2 fully saturated rings. The van der Waals surface area contributed by atoms with Gasteiger partial charge in [-0.25, -0.2) is 0 Å². The molecule has 1 saturated carbocycles. The summed E-state index contributed by atoms with van der Waals surface area (Å²) in [6, 6.07) is 6.52. The van der Waals surface area contributed by atoms with Crippen molar-refractivity contribution in [3.8, 4) is 0 Å². The number of nitrogens with zero attached hydrogens (tertiary/aromatic N) is 1. The number of anilines is 1. The summed E-state index contributed by atoms with van der Waals surface area (Å²) in [5, 5.41) is 0.783. The van der Waals surface area contributed by atoms with Gasteiger partial charge >= 0.3 is 0 Å². The normalized spacial score (nSPS) is 27.2. The first-order valence-electron chi connectivity index (χ1n) is 7.16. The summed E-state index contributed by atoms with van der Waals surface area (Å²) in [7, 11) is 0. The Hall–Kier alpha value is -0.770. The molecule has 2 aliphatic rings. The fourth-order valence-electron chi connectivity index (χ4n) is 3.37. The van der Waals surface area contributed by atoms with Gasteiger partial charge in [-0.3, -0.25) is 0 Å². The number of benzene rings is 1. The van der Waals surface area contributed by atoms with Crippen molar-refractivity contribution in [3.05, 3.63) is 28.8 Å². The van der Waals surface area contributed by atoms with Crippen LogP contribution in [-0.4, -0.2) is 25.3 Å². The zero-order valence-electron chi connectivity index (χ0n) is 11.1. The first-order chi connectivity index (χ1) is 9.29. The lowest BCUT2D eigenvalue weighted by atomic mass is 9.89. The van der Waals surface area contributed by atoms with E-state index in [4.69, 9.17) is 22.1 Å². The van der Waals surface area contributed by atoms with Crippen molar-refractivity contribution in [2.75, 3.05) is 18.1 Å². The summed E-state index contributed by atoms with van der Waals surface area (Å²) >= 11 is 6.17. The highest BCUT2D eigenvalue weighted by molar-refractivity contribution is 6.30. The lowest BCUT2D eigenvalue weighted by molar-refractivity contribution is -0.00873. The summed E-state index contributed by atoms with van der Waals surface area (Å²) in [6.45, 7) is 2.30. The van der Waals surface area contributed by atoms with Crippen molar-refractivity contribution in [1.29, 1.82) is 0 Å². The number of ether oxygens (including phenoxy) is 1. The zero-order valence-corrected chi connectivity index (χ0v) is 11.9. The Balaban J connectivity index is 1.93. The van der Waals surface area contributed by atoms with E-state index in [1.165, 1.54) is 36.9 Å². The Morgan fingerprint density at radius 3 is 3.00 bits per heavy atom. The summed E-state index contributed by atoms with van der Waals surface area (Å²) in [6.07, 6.45) is 5.35. The van der Waals surface area contributed by atoms with E-state index in [-0.39, 0.29) is 0 Å². The lowest BCUT2D eigenvalue weighted by Crippen LogP contribution is -2.53. The fraction of sp³-hybridized carbons (Fsp3) is 0.600. The average Bonchev–Trinajstić information content (AvgIpc) is 2.46. The number of fused-ring (bicyclic) bond motifs is 1. The van der Waals surface area contributed by atoms with Gasteiger partial charge in [-0.05, 0) is 30.5 Å². The molecule has 1 aromatic carbocycles. The quantitative estimate of drug-likeness (QED) is 0.905. The van der Waals surface area contributed by atoms with Crippen LogP contribution in [0.3, 0.4) is 0 Å². The monoisotopic (exact) mass is 280 g/mol. The maximum atomic E-state index is 6.17. The molecule has 3 rings (SSSR count). The molecule has 3 nitrogen and oxygen atoms in total. The molecule has 1 heterocycles. The van der Waals surface area contributed by atoms with Crippen LogP contribution >= 0.6 is 11.6 Å². The van der Waals surface area contributed by atoms with Crippen LogP contribution < -0.4 is 10.6 Å².